The van der Waals surface area contributed by atoms with E-state index in [9.17, 15) is 14.7 Å². The van der Waals surface area contributed by atoms with Gasteiger partial charge in [-0.05, 0) is 90.4 Å². The van der Waals surface area contributed by atoms with Crippen LogP contribution in [0.25, 0.3) is 0 Å². The first-order valence-electron chi connectivity index (χ1n) is 14.1. The average molecular weight is 597 g/mol. The van der Waals surface area contributed by atoms with Gasteiger partial charge in [0.15, 0.2) is 11.5 Å². The van der Waals surface area contributed by atoms with Gasteiger partial charge in [-0.3, -0.25) is 9.59 Å². The molecule has 2 N–H and O–H groups in total. The zero-order valence-corrected chi connectivity index (χ0v) is 24.8. The van der Waals surface area contributed by atoms with E-state index in [0.29, 0.717) is 61.1 Å². The Labute approximate surface area is 254 Å². The molecule has 1 unspecified atom stereocenters. The molecule has 4 aromatic rings. The number of rotatable bonds is 3. The van der Waals surface area contributed by atoms with Crippen LogP contribution < -0.4 is 19.5 Å². The topological polar surface area (TPSA) is 97.3 Å². The maximum absolute atomic E-state index is 14.2. The normalized spacial score (nSPS) is 16.3. The third-order valence-corrected chi connectivity index (χ3v) is 8.54. The Hall–Kier alpha value is -4.63. The second-order valence-corrected chi connectivity index (χ2v) is 11.2. The fraction of sp³-hybridized carbons (Fsp3) is 0.235. The Bertz CT molecular complexity index is 1690. The van der Waals surface area contributed by atoms with Crippen LogP contribution in [0.3, 0.4) is 0 Å². The molecule has 0 fully saturated rings. The number of carbonyl (C=O) groups is 2. The molecule has 0 radical (unpaired) electrons. The van der Waals surface area contributed by atoms with Crippen molar-refractivity contribution in [2.75, 3.05) is 33.1 Å². The van der Waals surface area contributed by atoms with Crippen molar-refractivity contribution in [3.05, 3.63) is 107 Å². The highest BCUT2D eigenvalue weighted by molar-refractivity contribution is 7.98. The highest BCUT2D eigenvalue weighted by atomic mass is 32.2. The SMILES string of the molecule is COc1cc2c3cc1Oc1ccc(O)c(c1)C(=O)NCCCOc1cccc(c1)C2N(C(=O)c1ccccc1SC)CC3. The first kappa shape index (κ1) is 28.5. The summed E-state index contributed by atoms with van der Waals surface area (Å²) in [6, 6.07) is 23.5. The van der Waals surface area contributed by atoms with E-state index < -0.39 is 11.9 Å². The molecular weight excluding hydrogens is 564 g/mol. The van der Waals surface area contributed by atoms with Crippen LogP contribution >= 0.6 is 11.8 Å². The number of phenols is 1. The summed E-state index contributed by atoms with van der Waals surface area (Å²) in [7, 11) is 1.57. The van der Waals surface area contributed by atoms with Gasteiger partial charge in [-0.1, -0.05) is 24.3 Å². The number of carbonyl (C=O) groups excluding carboxylic acids is 2. The number of ether oxygens (including phenoxy) is 3. The van der Waals surface area contributed by atoms with Gasteiger partial charge in [0.05, 0.1) is 30.9 Å². The lowest BCUT2D eigenvalue weighted by Crippen LogP contribution is -2.40. The minimum atomic E-state index is -0.404. The minimum absolute atomic E-state index is 0.0410. The van der Waals surface area contributed by atoms with Crippen molar-refractivity contribution in [2.45, 2.75) is 23.8 Å². The number of nitrogens with one attached hydrogen (secondary N) is 1. The van der Waals surface area contributed by atoms with E-state index in [1.165, 1.54) is 12.1 Å². The molecule has 8 bridgehead atoms. The average Bonchev–Trinajstić information content (AvgIpc) is 3.03. The maximum Gasteiger partial charge on any atom is 0.255 e. The summed E-state index contributed by atoms with van der Waals surface area (Å²) in [5, 5.41) is 13.2. The van der Waals surface area contributed by atoms with Crippen LogP contribution in [0.2, 0.25) is 0 Å². The van der Waals surface area contributed by atoms with Crippen LogP contribution in [0.4, 0.5) is 0 Å². The standard InChI is InChI=1S/C34H32N2O6S/c1-40-29-20-26-21-13-15-36(34(39)25-9-3-4-10-31(25)43-2)32(26)22-7-5-8-23(17-22)41-16-6-14-35-33(38)27-19-24(11-12-28(27)37)42-30(29)18-21/h3-5,7-12,17-20,32,37H,6,13-16H2,1-2H3,(H,35,38). The molecular formula is C34H32N2O6S. The number of nitrogens with zero attached hydrogens (tertiary/aromatic N) is 1. The fourth-order valence-electron chi connectivity index (χ4n) is 5.64. The second kappa shape index (κ2) is 12.3. The van der Waals surface area contributed by atoms with E-state index in [2.05, 4.69) is 5.32 Å². The van der Waals surface area contributed by atoms with Gasteiger partial charge in [-0.15, -0.1) is 11.8 Å². The van der Waals surface area contributed by atoms with Crippen molar-refractivity contribution in [3.63, 3.8) is 0 Å². The minimum Gasteiger partial charge on any atom is -0.507 e. The monoisotopic (exact) mass is 596 g/mol. The summed E-state index contributed by atoms with van der Waals surface area (Å²) >= 11 is 1.55. The molecule has 220 valence electrons. The number of aromatic hydroxyl groups is 1. The number of phenolic OH excluding ortho intramolecular Hbond substituents is 1. The first-order valence-corrected chi connectivity index (χ1v) is 15.4. The molecule has 9 heteroatoms. The predicted molar refractivity (Wildman–Crippen MR) is 165 cm³/mol. The molecule has 3 aliphatic rings. The van der Waals surface area contributed by atoms with Crippen molar-refractivity contribution in [1.82, 2.24) is 10.2 Å². The van der Waals surface area contributed by atoms with Crippen LogP contribution in [0, 0.1) is 0 Å². The Morgan fingerprint density at radius 1 is 1.05 bits per heavy atom. The molecule has 1 atom stereocenters. The molecule has 3 aliphatic heterocycles. The zero-order valence-electron chi connectivity index (χ0n) is 24.0. The summed E-state index contributed by atoms with van der Waals surface area (Å²) in [4.78, 5) is 29.9. The van der Waals surface area contributed by atoms with E-state index in [0.717, 1.165) is 21.6 Å². The van der Waals surface area contributed by atoms with E-state index in [1.54, 1.807) is 24.9 Å². The lowest BCUT2D eigenvalue weighted by molar-refractivity contribution is 0.0690. The van der Waals surface area contributed by atoms with E-state index in [1.807, 2.05) is 71.8 Å². The highest BCUT2D eigenvalue weighted by Crippen LogP contribution is 2.44. The molecule has 8 nitrogen and oxygen atoms in total. The van der Waals surface area contributed by atoms with Crippen LogP contribution in [-0.2, 0) is 6.42 Å². The van der Waals surface area contributed by atoms with Crippen molar-refractivity contribution in [1.29, 1.82) is 0 Å². The van der Waals surface area contributed by atoms with Crippen molar-refractivity contribution < 1.29 is 28.9 Å². The molecule has 3 heterocycles. The third kappa shape index (κ3) is 5.72. The zero-order chi connectivity index (χ0) is 29.9. The summed E-state index contributed by atoms with van der Waals surface area (Å²) in [6.07, 6.45) is 3.15. The van der Waals surface area contributed by atoms with Gasteiger partial charge < -0.3 is 29.5 Å². The van der Waals surface area contributed by atoms with Gasteiger partial charge in [-0.2, -0.15) is 0 Å². The summed E-state index contributed by atoms with van der Waals surface area (Å²) in [5.74, 6) is 1.43. The lowest BCUT2D eigenvalue weighted by atomic mass is 9.87. The predicted octanol–water partition coefficient (Wildman–Crippen LogP) is 6.22. The van der Waals surface area contributed by atoms with Gasteiger partial charge in [0.1, 0.15) is 17.2 Å². The Morgan fingerprint density at radius 3 is 2.74 bits per heavy atom. The van der Waals surface area contributed by atoms with Gasteiger partial charge in [0, 0.05) is 18.0 Å². The summed E-state index contributed by atoms with van der Waals surface area (Å²) in [5.41, 5.74) is 3.66. The number of amides is 2. The molecule has 0 spiro atoms. The molecule has 0 saturated carbocycles. The quantitative estimate of drug-likeness (QED) is 0.271. The van der Waals surface area contributed by atoms with E-state index in [4.69, 9.17) is 14.2 Å². The van der Waals surface area contributed by atoms with Crippen LogP contribution in [-0.4, -0.2) is 54.9 Å². The van der Waals surface area contributed by atoms with Gasteiger partial charge in [0.2, 0.25) is 0 Å². The largest absolute Gasteiger partial charge is 0.507 e. The van der Waals surface area contributed by atoms with Crippen molar-refractivity contribution in [3.8, 4) is 28.7 Å². The first-order chi connectivity index (χ1) is 21.0. The van der Waals surface area contributed by atoms with E-state index in [-0.39, 0.29) is 17.2 Å². The lowest BCUT2D eigenvalue weighted by Gasteiger charge is -2.38. The summed E-state index contributed by atoms with van der Waals surface area (Å²) < 4.78 is 18.1. The molecule has 43 heavy (non-hydrogen) atoms. The Kier molecular flexibility index (Phi) is 8.16. The molecule has 0 saturated heterocycles. The molecule has 0 aromatic heterocycles. The summed E-state index contributed by atoms with van der Waals surface area (Å²) in [6.45, 7) is 1.24. The highest BCUT2D eigenvalue weighted by Gasteiger charge is 2.35. The number of benzene rings is 4. The third-order valence-electron chi connectivity index (χ3n) is 7.74. The number of methoxy groups -OCH3 is 1. The van der Waals surface area contributed by atoms with Crippen molar-refractivity contribution >= 4 is 23.6 Å². The van der Waals surface area contributed by atoms with Crippen LogP contribution in [0.5, 0.6) is 28.7 Å². The Morgan fingerprint density at radius 2 is 1.91 bits per heavy atom. The van der Waals surface area contributed by atoms with Crippen molar-refractivity contribution in [2.24, 2.45) is 0 Å². The number of fused-ring (bicyclic) bond motifs is 6. The number of hydrogen-bond donors (Lipinski definition) is 2. The van der Waals surface area contributed by atoms with E-state index >= 15 is 0 Å². The van der Waals surface area contributed by atoms with Gasteiger partial charge >= 0.3 is 0 Å². The molecule has 7 rings (SSSR count). The smallest absolute Gasteiger partial charge is 0.255 e. The van der Waals surface area contributed by atoms with Crippen LogP contribution in [0.15, 0.2) is 83.8 Å². The number of hydrogen-bond acceptors (Lipinski definition) is 7. The fourth-order valence-corrected chi connectivity index (χ4v) is 6.23. The number of thioether (sulfide) groups is 1. The maximum atomic E-state index is 14.2. The van der Waals surface area contributed by atoms with Gasteiger partial charge in [0.25, 0.3) is 11.8 Å². The molecule has 2 amide bonds. The molecule has 0 aliphatic carbocycles. The van der Waals surface area contributed by atoms with Crippen LogP contribution in [0.1, 0.15) is 49.9 Å². The van der Waals surface area contributed by atoms with Gasteiger partial charge in [-0.25, -0.2) is 0 Å². The molecule has 4 aromatic carbocycles. The second-order valence-electron chi connectivity index (χ2n) is 10.4. The Balaban J connectivity index is 1.49.